The molecule has 0 fully saturated rings. The van der Waals surface area contributed by atoms with Crippen LogP contribution in [-0.2, 0) is 0 Å². The minimum Gasteiger partial charge on any atom is -0.478 e. The number of ether oxygens (including phenoxy) is 1. The number of nitrogens with one attached hydrogen (secondary N) is 1. The Kier molecular flexibility index (Phi) is 4.19. The molecule has 0 atom stereocenters. The molecule has 1 aromatic carbocycles. The SMILES string of the molecule is O=C(Nc1csc(C(=O)O)c1C(=O)O)Oc1ccccc1. The molecule has 0 saturated carbocycles. The Morgan fingerprint density at radius 2 is 1.71 bits per heavy atom. The summed E-state index contributed by atoms with van der Waals surface area (Å²) in [6.07, 6.45) is -0.904. The zero-order valence-corrected chi connectivity index (χ0v) is 11.2. The average Bonchev–Trinajstić information content (AvgIpc) is 2.83. The van der Waals surface area contributed by atoms with Gasteiger partial charge in [0, 0.05) is 5.38 Å². The fraction of sp³-hybridized carbons (Fsp3) is 0. The standard InChI is InChI=1S/C13H9NO6S/c15-11(16)9-8(6-21-10(9)12(17)18)14-13(19)20-7-4-2-1-3-5-7/h1-6H,(H,14,19)(H,15,16)(H,17,18). The number of carboxylic acid groups (broad SMARTS) is 2. The average molecular weight is 307 g/mol. The number of hydrogen-bond acceptors (Lipinski definition) is 5. The lowest BCUT2D eigenvalue weighted by molar-refractivity contribution is 0.0657. The highest BCUT2D eigenvalue weighted by Gasteiger charge is 2.24. The summed E-state index contributed by atoms with van der Waals surface area (Å²) in [7, 11) is 0. The maximum absolute atomic E-state index is 11.7. The zero-order chi connectivity index (χ0) is 15.4. The van der Waals surface area contributed by atoms with Crippen molar-refractivity contribution in [2.75, 3.05) is 5.32 Å². The molecule has 108 valence electrons. The molecule has 2 aromatic rings. The molecular weight excluding hydrogens is 298 g/mol. The van der Waals surface area contributed by atoms with E-state index in [1.165, 1.54) is 5.38 Å². The highest BCUT2D eigenvalue weighted by Crippen LogP contribution is 2.27. The van der Waals surface area contributed by atoms with Crippen molar-refractivity contribution in [3.05, 3.63) is 46.2 Å². The number of carbonyl (C=O) groups is 3. The van der Waals surface area contributed by atoms with Crippen LogP contribution in [-0.4, -0.2) is 28.2 Å². The van der Waals surface area contributed by atoms with Crippen LogP contribution in [0.5, 0.6) is 5.75 Å². The van der Waals surface area contributed by atoms with Gasteiger partial charge < -0.3 is 14.9 Å². The number of benzene rings is 1. The van der Waals surface area contributed by atoms with Crippen LogP contribution in [0.4, 0.5) is 10.5 Å². The number of hydrogen-bond donors (Lipinski definition) is 3. The van der Waals surface area contributed by atoms with Crippen molar-refractivity contribution in [1.82, 2.24) is 0 Å². The van der Waals surface area contributed by atoms with Gasteiger partial charge in [-0.1, -0.05) is 18.2 Å². The minimum atomic E-state index is -1.44. The number of carboxylic acids is 2. The second-order valence-corrected chi connectivity index (χ2v) is 4.67. The zero-order valence-electron chi connectivity index (χ0n) is 10.4. The van der Waals surface area contributed by atoms with E-state index >= 15 is 0 Å². The maximum atomic E-state index is 11.7. The summed E-state index contributed by atoms with van der Waals surface area (Å²) in [6.45, 7) is 0. The van der Waals surface area contributed by atoms with Crippen molar-refractivity contribution in [1.29, 1.82) is 0 Å². The Bertz CT molecular complexity index is 694. The molecule has 0 unspecified atom stereocenters. The van der Waals surface area contributed by atoms with Crippen LogP contribution in [0.2, 0.25) is 0 Å². The summed E-state index contributed by atoms with van der Waals surface area (Å²) in [6, 6.07) is 8.17. The fourth-order valence-corrected chi connectivity index (χ4v) is 2.38. The molecule has 3 N–H and O–H groups in total. The second-order valence-electron chi connectivity index (χ2n) is 3.79. The number of carbonyl (C=O) groups excluding carboxylic acids is 1. The second kappa shape index (κ2) is 6.06. The molecular formula is C13H9NO6S. The Hall–Kier alpha value is -2.87. The van der Waals surface area contributed by atoms with Crippen LogP contribution >= 0.6 is 11.3 Å². The predicted octanol–water partition coefficient (Wildman–Crippen LogP) is 2.76. The number of anilines is 1. The van der Waals surface area contributed by atoms with E-state index in [0.29, 0.717) is 11.3 Å². The predicted molar refractivity (Wildman–Crippen MR) is 74.3 cm³/mol. The molecule has 0 saturated heterocycles. The first-order valence-electron chi connectivity index (χ1n) is 5.61. The topological polar surface area (TPSA) is 113 Å². The van der Waals surface area contributed by atoms with Crippen LogP contribution in [0.25, 0.3) is 0 Å². The molecule has 7 nitrogen and oxygen atoms in total. The molecule has 1 amide bonds. The van der Waals surface area contributed by atoms with Gasteiger partial charge in [-0.25, -0.2) is 14.4 Å². The number of rotatable bonds is 4. The first kappa shape index (κ1) is 14.5. The summed E-state index contributed by atoms with van der Waals surface area (Å²) in [4.78, 5) is 33.3. The van der Waals surface area contributed by atoms with Crippen molar-refractivity contribution in [3.8, 4) is 5.75 Å². The van der Waals surface area contributed by atoms with E-state index in [4.69, 9.17) is 14.9 Å². The Morgan fingerprint density at radius 1 is 1.05 bits per heavy atom. The molecule has 0 aliphatic rings. The van der Waals surface area contributed by atoms with Gasteiger partial charge >= 0.3 is 18.0 Å². The molecule has 1 heterocycles. The molecule has 0 aliphatic heterocycles. The van der Waals surface area contributed by atoms with Crippen molar-refractivity contribution >= 4 is 35.1 Å². The van der Waals surface area contributed by atoms with Crippen LogP contribution in [0.3, 0.4) is 0 Å². The molecule has 0 radical (unpaired) electrons. The van der Waals surface area contributed by atoms with Gasteiger partial charge in [-0.05, 0) is 12.1 Å². The van der Waals surface area contributed by atoms with E-state index in [1.54, 1.807) is 30.3 Å². The number of aromatic carboxylic acids is 2. The fourth-order valence-electron chi connectivity index (χ4n) is 1.55. The van der Waals surface area contributed by atoms with E-state index < -0.39 is 23.6 Å². The minimum absolute atomic E-state index is 0.120. The number of thiophene rings is 1. The van der Waals surface area contributed by atoms with Gasteiger partial charge in [0.1, 0.15) is 16.2 Å². The summed E-state index contributed by atoms with van der Waals surface area (Å²) < 4.78 is 4.94. The smallest absolute Gasteiger partial charge is 0.417 e. The molecule has 21 heavy (non-hydrogen) atoms. The molecule has 0 spiro atoms. The molecule has 2 rings (SSSR count). The van der Waals surface area contributed by atoms with Crippen LogP contribution in [0.15, 0.2) is 35.7 Å². The molecule has 1 aromatic heterocycles. The number of amides is 1. The lowest BCUT2D eigenvalue weighted by Gasteiger charge is -2.06. The third-order valence-corrected chi connectivity index (χ3v) is 3.36. The molecule has 0 aliphatic carbocycles. The summed E-state index contributed by atoms with van der Waals surface area (Å²) >= 11 is 0.710. The molecule has 0 bridgehead atoms. The Labute approximate surface area is 122 Å². The maximum Gasteiger partial charge on any atom is 0.417 e. The van der Waals surface area contributed by atoms with Gasteiger partial charge in [0.15, 0.2) is 0 Å². The largest absolute Gasteiger partial charge is 0.478 e. The van der Waals surface area contributed by atoms with E-state index in [0.717, 1.165) is 0 Å². The van der Waals surface area contributed by atoms with E-state index in [2.05, 4.69) is 5.32 Å². The van der Waals surface area contributed by atoms with Crippen molar-refractivity contribution in [2.24, 2.45) is 0 Å². The lowest BCUT2D eigenvalue weighted by Crippen LogP contribution is -2.18. The van der Waals surface area contributed by atoms with E-state index in [1.807, 2.05) is 0 Å². The van der Waals surface area contributed by atoms with Crippen LogP contribution in [0, 0.1) is 0 Å². The van der Waals surface area contributed by atoms with E-state index in [-0.39, 0.29) is 16.3 Å². The normalized spacial score (nSPS) is 9.90. The van der Waals surface area contributed by atoms with Gasteiger partial charge in [-0.15, -0.1) is 11.3 Å². The van der Waals surface area contributed by atoms with Crippen molar-refractivity contribution in [2.45, 2.75) is 0 Å². The monoisotopic (exact) mass is 307 g/mol. The summed E-state index contributed by atoms with van der Waals surface area (Å²) in [5, 5.41) is 21.4. The number of para-hydroxylation sites is 1. The van der Waals surface area contributed by atoms with E-state index in [9.17, 15) is 14.4 Å². The van der Waals surface area contributed by atoms with Gasteiger partial charge in [-0.3, -0.25) is 5.32 Å². The van der Waals surface area contributed by atoms with Gasteiger partial charge in [-0.2, -0.15) is 0 Å². The third-order valence-electron chi connectivity index (χ3n) is 2.39. The highest BCUT2D eigenvalue weighted by atomic mass is 32.1. The van der Waals surface area contributed by atoms with Gasteiger partial charge in [0.05, 0.1) is 5.69 Å². The van der Waals surface area contributed by atoms with Crippen molar-refractivity contribution in [3.63, 3.8) is 0 Å². The lowest BCUT2D eigenvalue weighted by atomic mass is 10.2. The first-order valence-corrected chi connectivity index (χ1v) is 6.49. The quantitative estimate of drug-likeness (QED) is 0.800. The third kappa shape index (κ3) is 3.37. The summed E-state index contributed by atoms with van der Waals surface area (Å²) in [5.41, 5.74) is -0.594. The first-order chi connectivity index (χ1) is 9.99. The Balaban J connectivity index is 2.18. The van der Waals surface area contributed by atoms with Gasteiger partial charge in [0.2, 0.25) is 0 Å². The molecule has 8 heteroatoms. The van der Waals surface area contributed by atoms with Crippen LogP contribution < -0.4 is 10.1 Å². The summed E-state index contributed by atoms with van der Waals surface area (Å²) in [5.74, 6) is -2.54. The van der Waals surface area contributed by atoms with Crippen molar-refractivity contribution < 1.29 is 29.3 Å². The highest BCUT2D eigenvalue weighted by molar-refractivity contribution is 7.13. The van der Waals surface area contributed by atoms with Crippen LogP contribution in [0.1, 0.15) is 20.0 Å². The van der Waals surface area contributed by atoms with Gasteiger partial charge in [0.25, 0.3) is 0 Å². The Morgan fingerprint density at radius 3 is 2.29 bits per heavy atom.